The van der Waals surface area contributed by atoms with E-state index in [0.29, 0.717) is 28.7 Å². The number of aromatic amines is 1. The molecule has 14 nitrogen and oxygen atoms in total. The van der Waals surface area contributed by atoms with Crippen molar-refractivity contribution >= 4 is 53.4 Å². The first-order chi connectivity index (χ1) is 34.1. The molecule has 2 heterocycles. The number of amidine groups is 1. The molecule has 4 unspecified atom stereocenters. The van der Waals surface area contributed by atoms with Gasteiger partial charge in [0.15, 0.2) is 0 Å². The number of amides is 2. The Morgan fingerprint density at radius 1 is 0.640 bits per heavy atom. The fourth-order valence-corrected chi connectivity index (χ4v) is 11.8. The standard InChI is InChI=1S/C61H90N4O10/c1-30(2)43-41(29-42-44(31(3)4)46(50(63-42)65-56(73)61(19,20)21)55(72)75-48-39(59(13,14)15)26-33(6)27-40(48)60(16,17)18)62-49(64-51(66)36-28-34(52(67)68)22-23-35(36)53(69)70)45(43)54(71)74-47-37(57(7,8)9)24-32(5)25-38(47)58(10,11)12/h22-23,28-33,37-40,47-48,63H,24-27H2,1-21H3,(H,65,73)(H,67,68)(H,69,70)(H,62,64,66). The summed E-state index contributed by atoms with van der Waals surface area (Å²) in [5.74, 6) is -5.57. The van der Waals surface area contributed by atoms with E-state index in [2.05, 4.69) is 113 Å². The number of aromatic nitrogens is 1. The Bertz CT molecular complexity index is 2600. The van der Waals surface area contributed by atoms with E-state index < -0.39 is 64.5 Å². The summed E-state index contributed by atoms with van der Waals surface area (Å²) in [6.07, 6.45) is 4.13. The van der Waals surface area contributed by atoms with E-state index in [1.54, 1.807) is 26.8 Å². The molecular formula is C61H90N4O10. The molecular weight excluding hydrogens is 949 g/mol. The number of ether oxygens (including phenoxy) is 2. The van der Waals surface area contributed by atoms with Gasteiger partial charge in [0.05, 0.1) is 22.4 Å². The van der Waals surface area contributed by atoms with Crippen molar-refractivity contribution in [2.75, 3.05) is 5.32 Å². The molecule has 2 saturated carbocycles. The maximum atomic E-state index is 15.4. The first-order valence-electron chi connectivity index (χ1n) is 27.1. The van der Waals surface area contributed by atoms with Gasteiger partial charge in [-0.2, -0.15) is 0 Å². The number of rotatable bonds is 11. The molecule has 3 aliphatic rings. The summed E-state index contributed by atoms with van der Waals surface area (Å²) in [7, 11) is 0. The van der Waals surface area contributed by atoms with Gasteiger partial charge >= 0.3 is 23.9 Å². The van der Waals surface area contributed by atoms with Gasteiger partial charge in [0, 0.05) is 34.8 Å². The van der Waals surface area contributed by atoms with Crippen LogP contribution in [0.1, 0.15) is 230 Å². The lowest BCUT2D eigenvalue weighted by Crippen LogP contribution is -2.50. The Labute approximate surface area is 447 Å². The maximum Gasteiger partial charge on any atom is 0.342 e. The van der Waals surface area contributed by atoms with Crippen LogP contribution in [-0.4, -0.2) is 68.9 Å². The largest absolute Gasteiger partial charge is 0.478 e. The number of anilines is 1. The zero-order valence-electron chi connectivity index (χ0n) is 49.0. The molecule has 0 saturated heterocycles. The summed E-state index contributed by atoms with van der Waals surface area (Å²) >= 11 is 0. The van der Waals surface area contributed by atoms with Crippen LogP contribution in [-0.2, 0) is 19.1 Å². The van der Waals surface area contributed by atoms with E-state index in [1.807, 2.05) is 27.7 Å². The molecule has 5 N–H and O–H groups in total. The second-order valence-corrected chi connectivity index (χ2v) is 28.1. The van der Waals surface area contributed by atoms with E-state index in [-0.39, 0.29) is 91.2 Å². The molecule has 0 bridgehead atoms. The van der Waals surface area contributed by atoms with Crippen LogP contribution in [0.25, 0.3) is 6.08 Å². The zero-order valence-corrected chi connectivity index (χ0v) is 49.0. The van der Waals surface area contributed by atoms with Gasteiger partial charge in [-0.25, -0.2) is 24.2 Å². The number of hydrogen-bond donors (Lipinski definition) is 5. The molecule has 2 aliphatic carbocycles. The van der Waals surface area contributed by atoms with Gasteiger partial charge in [-0.3, -0.25) is 9.59 Å². The molecule has 14 heteroatoms. The molecule has 2 amide bonds. The molecule has 2 aromatic rings. The van der Waals surface area contributed by atoms with Gasteiger partial charge in [-0.05, 0) is 106 Å². The minimum atomic E-state index is -1.46. The van der Waals surface area contributed by atoms with Gasteiger partial charge in [0.1, 0.15) is 35.0 Å². The Hall–Kier alpha value is -5.53. The lowest BCUT2D eigenvalue weighted by Gasteiger charge is -2.50. The van der Waals surface area contributed by atoms with Gasteiger partial charge in [-0.15, -0.1) is 0 Å². The van der Waals surface area contributed by atoms with Crippen LogP contribution in [0.4, 0.5) is 5.82 Å². The third kappa shape index (κ3) is 13.5. The van der Waals surface area contributed by atoms with Crippen LogP contribution in [0.2, 0.25) is 0 Å². The minimum Gasteiger partial charge on any atom is -0.478 e. The number of hydrogen-bond acceptors (Lipinski definition) is 9. The molecule has 4 atom stereocenters. The molecule has 0 spiro atoms. The molecule has 1 aromatic heterocycles. The van der Waals surface area contributed by atoms with Gasteiger partial charge < -0.3 is 35.3 Å². The van der Waals surface area contributed by atoms with Crippen molar-refractivity contribution in [3.63, 3.8) is 0 Å². The van der Waals surface area contributed by atoms with Crippen molar-refractivity contribution in [2.45, 2.75) is 189 Å². The highest BCUT2D eigenvalue weighted by Gasteiger charge is 2.51. The first kappa shape index (κ1) is 60.3. The number of carboxylic acids is 2. The third-order valence-electron chi connectivity index (χ3n) is 16.0. The Morgan fingerprint density at radius 3 is 1.48 bits per heavy atom. The van der Waals surface area contributed by atoms with E-state index in [1.165, 1.54) is 0 Å². The maximum absolute atomic E-state index is 15.4. The molecule has 1 aliphatic heterocycles. The average molecular weight is 1040 g/mol. The smallest absolute Gasteiger partial charge is 0.342 e. The van der Waals surface area contributed by atoms with Crippen molar-refractivity contribution in [3.8, 4) is 0 Å². The van der Waals surface area contributed by atoms with Crippen LogP contribution in [0.3, 0.4) is 0 Å². The van der Waals surface area contributed by atoms with Crippen molar-refractivity contribution in [1.29, 1.82) is 0 Å². The third-order valence-corrected chi connectivity index (χ3v) is 16.0. The molecule has 1 aromatic carbocycles. The quantitative estimate of drug-likeness (QED) is 0.134. The second-order valence-electron chi connectivity index (χ2n) is 28.1. The highest BCUT2D eigenvalue weighted by atomic mass is 16.5. The van der Waals surface area contributed by atoms with E-state index in [9.17, 15) is 29.4 Å². The molecule has 414 valence electrons. The van der Waals surface area contributed by atoms with Crippen LogP contribution in [0, 0.1) is 68.5 Å². The summed E-state index contributed by atoms with van der Waals surface area (Å²) in [4.78, 5) is 92.1. The molecule has 0 radical (unpaired) electrons. The Kier molecular flexibility index (Phi) is 17.6. The Balaban J connectivity index is 1.81. The van der Waals surface area contributed by atoms with Crippen molar-refractivity contribution < 1.29 is 48.5 Å². The monoisotopic (exact) mass is 1040 g/mol. The van der Waals surface area contributed by atoms with E-state index in [0.717, 1.165) is 43.9 Å². The lowest BCUT2D eigenvalue weighted by molar-refractivity contribution is -0.164. The SMILES string of the molecule is CC1CC(C(C)(C)C)C(OC(=O)C2=C(C(C)C)C(=Cc3[nH]c(NC(=O)C(C)(C)C)c(C(=O)OC4C(C(C)(C)C)CC(C)CC4C(C)(C)C)c3C(C)C)N=C2NC(=O)c2cc(C(=O)O)ccc2C(=O)O)C(C(C)(C)C)C1. The lowest BCUT2D eigenvalue weighted by atomic mass is 9.59. The summed E-state index contributed by atoms with van der Waals surface area (Å²) in [6.45, 7) is 43.5. The van der Waals surface area contributed by atoms with Crippen molar-refractivity contribution in [1.82, 2.24) is 10.3 Å². The summed E-state index contributed by atoms with van der Waals surface area (Å²) < 4.78 is 13.6. The van der Waals surface area contributed by atoms with E-state index >= 15 is 9.59 Å². The summed E-state index contributed by atoms with van der Waals surface area (Å²) in [6, 6.07) is 3.13. The number of benzene rings is 1. The van der Waals surface area contributed by atoms with Gasteiger partial charge in [0.25, 0.3) is 5.91 Å². The van der Waals surface area contributed by atoms with Crippen LogP contribution in [0.5, 0.6) is 0 Å². The number of H-pyrrole nitrogens is 1. The summed E-state index contributed by atoms with van der Waals surface area (Å²) in [5.41, 5.74) is -1.28. The molecule has 5 rings (SSSR count). The van der Waals surface area contributed by atoms with Crippen molar-refractivity contribution in [2.24, 2.45) is 73.5 Å². The molecule has 75 heavy (non-hydrogen) atoms. The number of carbonyl (C=O) groups is 6. The second kappa shape index (κ2) is 21.8. The van der Waals surface area contributed by atoms with Crippen LogP contribution < -0.4 is 10.6 Å². The molecule has 2 fully saturated rings. The number of aliphatic imine (C=N–C) groups is 1. The zero-order chi connectivity index (χ0) is 57.0. The van der Waals surface area contributed by atoms with Gasteiger partial charge in [0.2, 0.25) is 5.91 Å². The average Bonchev–Trinajstić information content (AvgIpc) is 3.79. The number of allylic oxidation sites excluding steroid dienone is 1. The van der Waals surface area contributed by atoms with E-state index in [4.69, 9.17) is 14.5 Å². The highest BCUT2D eigenvalue weighted by Crippen LogP contribution is 2.52. The van der Waals surface area contributed by atoms with Crippen LogP contribution in [0.15, 0.2) is 40.0 Å². The van der Waals surface area contributed by atoms with Crippen molar-refractivity contribution in [3.05, 3.63) is 68.6 Å². The number of nitrogens with one attached hydrogen (secondary N) is 3. The van der Waals surface area contributed by atoms with Crippen LogP contribution >= 0.6 is 0 Å². The number of nitrogens with zero attached hydrogens (tertiary/aromatic N) is 1. The normalized spacial score (nSPS) is 24.6. The number of carbonyl (C=O) groups excluding carboxylic acids is 4. The number of carboxylic acid groups (broad SMARTS) is 2. The number of aromatic carboxylic acids is 2. The fourth-order valence-electron chi connectivity index (χ4n) is 11.8. The minimum absolute atomic E-state index is 0.0380. The predicted octanol–water partition coefficient (Wildman–Crippen LogP) is 13.6. The predicted molar refractivity (Wildman–Crippen MR) is 296 cm³/mol. The number of esters is 2. The fraction of sp³-hybridized carbons (Fsp3) is 0.656. The Morgan fingerprint density at radius 2 is 1.09 bits per heavy atom. The first-order valence-corrected chi connectivity index (χ1v) is 27.1. The summed E-state index contributed by atoms with van der Waals surface area (Å²) in [5, 5.41) is 25.8. The van der Waals surface area contributed by atoms with Gasteiger partial charge in [-0.1, -0.05) is 145 Å². The highest BCUT2D eigenvalue weighted by molar-refractivity contribution is 6.27. The topological polar surface area (TPSA) is 214 Å².